The van der Waals surface area contributed by atoms with Crippen LogP contribution >= 0.6 is 0 Å². The molecule has 0 aliphatic carbocycles. The van der Waals surface area contributed by atoms with Crippen LogP contribution in [0.25, 0.3) is 0 Å². The molecule has 1 aliphatic heterocycles. The van der Waals surface area contributed by atoms with Crippen molar-refractivity contribution in [2.24, 2.45) is 5.41 Å². The van der Waals surface area contributed by atoms with Gasteiger partial charge in [-0.3, -0.25) is 0 Å². The molecule has 0 aromatic heterocycles. The van der Waals surface area contributed by atoms with Crippen molar-refractivity contribution in [2.45, 2.75) is 45.6 Å². The maximum Gasteiger partial charge on any atom is 0.0689 e. The van der Waals surface area contributed by atoms with Gasteiger partial charge in [-0.15, -0.1) is 0 Å². The first-order valence-corrected chi connectivity index (χ1v) is 4.62. The van der Waals surface area contributed by atoms with Gasteiger partial charge in [-0.2, -0.15) is 0 Å². The molecule has 0 saturated carbocycles. The summed E-state index contributed by atoms with van der Waals surface area (Å²) in [5, 5.41) is 0. The number of rotatable bonds is 4. The summed E-state index contributed by atoms with van der Waals surface area (Å²) in [4.78, 5) is 0. The molecule has 0 aromatic rings. The maximum atomic E-state index is 5.79. The topological polar surface area (TPSA) is 9.23 Å². The monoisotopic (exact) mass is 154 g/mol. The number of unbranched alkanes of at least 4 members (excludes halogenated alkanes) is 1. The molecule has 0 N–H and O–H groups in total. The normalized spacial score (nSPS) is 36.8. The van der Waals surface area contributed by atoms with E-state index in [0.29, 0.717) is 5.41 Å². The van der Waals surface area contributed by atoms with E-state index < -0.39 is 0 Å². The fourth-order valence-corrected chi connectivity index (χ4v) is 1.64. The molecular weight excluding hydrogens is 136 g/mol. The maximum absolute atomic E-state index is 5.79. The lowest BCUT2D eigenvalue weighted by Gasteiger charge is -2.47. The van der Waals surface area contributed by atoms with Crippen LogP contribution in [-0.4, -0.2) is 12.7 Å². The molecule has 0 spiro atoms. The first-order valence-electron chi connectivity index (χ1n) is 4.62. The van der Waals surface area contributed by atoms with E-state index in [1.807, 2.05) is 0 Å². The molecule has 2 unspecified atom stereocenters. The Morgan fingerprint density at radius 1 is 1.55 bits per heavy atom. The highest BCUT2D eigenvalue weighted by molar-refractivity contribution is 4.94. The highest BCUT2D eigenvalue weighted by Crippen LogP contribution is 2.42. The Morgan fingerprint density at radius 3 is 2.55 bits per heavy atom. The van der Waals surface area contributed by atoms with Crippen molar-refractivity contribution in [2.75, 3.05) is 6.61 Å². The molecule has 2 radical (unpaired) electrons. The molecule has 11 heavy (non-hydrogen) atoms. The fourth-order valence-electron chi connectivity index (χ4n) is 1.64. The van der Waals surface area contributed by atoms with Crippen molar-refractivity contribution < 1.29 is 4.74 Å². The first-order chi connectivity index (χ1) is 5.25. The summed E-state index contributed by atoms with van der Waals surface area (Å²) in [7, 11) is 0. The van der Waals surface area contributed by atoms with Gasteiger partial charge in [-0.05, 0) is 19.8 Å². The zero-order valence-electron chi connectivity index (χ0n) is 7.60. The van der Waals surface area contributed by atoms with E-state index >= 15 is 0 Å². The molecular formula is C10H18O. The van der Waals surface area contributed by atoms with Gasteiger partial charge in [0, 0.05) is 5.41 Å². The van der Waals surface area contributed by atoms with Crippen molar-refractivity contribution in [1.82, 2.24) is 0 Å². The summed E-state index contributed by atoms with van der Waals surface area (Å²) < 4.78 is 5.21. The number of ether oxygens (including phenoxy) is 1. The molecule has 64 valence electrons. The Labute approximate surface area is 70.1 Å². The van der Waals surface area contributed by atoms with Crippen LogP contribution in [0.1, 0.15) is 39.5 Å². The highest BCUT2D eigenvalue weighted by Gasteiger charge is 2.43. The Hall–Kier alpha value is -0.0400. The molecule has 0 amide bonds. The van der Waals surface area contributed by atoms with E-state index in [1.165, 1.54) is 19.3 Å². The van der Waals surface area contributed by atoms with Crippen LogP contribution in [0.2, 0.25) is 0 Å². The Balaban J connectivity index is 2.35. The summed E-state index contributed by atoms with van der Waals surface area (Å²) in [6.07, 6.45) is 4.95. The quantitative estimate of drug-likeness (QED) is 0.605. The predicted octanol–water partition coefficient (Wildman–Crippen LogP) is 2.68. The Morgan fingerprint density at radius 2 is 2.27 bits per heavy atom. The molecule has 1 heteroatoms. The lowest BCUT2D eigenvalue weighted by atomic mass is 9.73. The van der Waals surface area contributed by atoms with Crippen molar-refractivity contribution in [3.8, 4) is 0 Å². The van der Waals surface area contributed by atoms with Crippen LogP contribution in [0.4, 0.5) is 0 Å². The van der Waals surface area contributed by atoms with Crippen molar-refractivity contribution in [1.29, 1.82) is 0 Å². The SMILES string of the molecule is [CH]C1OCC1(CC)CCCC. The molecule has 1 saturated heterocycles. The minimum atomic E-state index is 0.0130. The third-order valence-corrected chi connectivity index (χ3v) is 2.89. The first kappa shape index (κ1) is 9.05. The van der Waals surface area contributed by atoms with E-state index in [2.05, 4.69) is 13.8 Å². The zero-order chi connectivity index (χ0) is 8.32. The zero-order valence-corrected chi connectivity index (χ0v) is 7.60. The molecule has 0 aromatic carbocycles. The molecule has 0 bridgehead atoms. The van der Waals surface area contributed by atoms with Gasteiger partial charge in [0.15, 0.2) is 0 Å². The summed E-state index contributed by atoms with van der Waals surface area (Å²) in [5.41, 5.74) is 0.329. The Kier molecular flexibility index (Phi) is 2.94. The van der Waals surface area contributed by atoms with Crippen LogP contribution < -0.4 is 0 Å². The molecule has 1 heterocycles. The van der Waals surface area contributed by atoms with Gasteiger partial charge in [0.2, 0.25) is 0 Å². The van der Waals surface area contributed by atoms with E-state index in [1.54, 1.807) is 0 Å². The smallest absolute Gasteiger partial charge is 0.0689 e. The van der Waals surface area contributed by atoms with Crippen molar-refractivity contribution >= 4 is 0 Å². The van der Waals surface area contributed by atoms with Crippen LogP contribution in [-0.2, 0) is 4.74 Å². The van der Waals surface area contributed by atoms with E-state index in [4.69, 9.17) is 11.7 Å². The highest BCUT2D eigenvalue weighted by atomic mass is 16.5. The number of hydrogen-bond acceptors (Lipinski definition) is 1. The van der Waals surface area contributed by atoms with Gasteiger partial charge in [-0.25, -0.2) is 0 Å². The van der Waals surface area contributed by atoms with Gasteiger partial charge >= 0.3 is 0 Å². The number of hydrogen-bond donors (Lipinski definition) is 0. The van der Waals surface area contributed by atoms with Gasteiger partial charge in [0.1, 0.15) is 0 Å². The van der Waals surface area contributed by atoms with Gasteiger partial charge < -0.3 is 4.74 Å². The Bertz CT molecular complexity index is 118. The second-order valence-electron chi connectivity index (χ2n) is 3.55. The van der Waals surface area contributed by atoms with E-state index in [9.17, 15) is 0 Å². The van der Waals surface area contributed by atoms with E-state index in [0.717, 1.165) is 13.0 Å². The van der Waals surface area contributed by atoms with E-state index in [-0.39, 0.29) is 6.10 Å². The minimum absolute atomic E-state index is 0.0130. The molecule has 1 aliphatic rings. The molecule has 1 nitrogen and oxygen atoms in total. The molecule has 1 fully saturated rings. The lowest BCUT2D eigenvalue weighted by Crippen LogP contribution is -2.49. The van der Waals surface area contributed by atoms with Gasteiger partial charge in [0.25, 0.3) is 0 Å². The summed E-state index contributed by atoms with van der Waals surface area (Å²) in [6.45, 7) is 11.1. The summed E-state index contributed by atoms with van der Waals surface area (Å²) >= 11 is 0. The molecule has 2 atom stereocenters. The third kappa shape index (κ3) is 1.58. The van der Waals surface area contributed by atoms with Crippen LogP contribution in [0.3, 0.4) is 0 Å². The third-order valence-electron chi connectivity index (χ3n) is 2.89. The second-order valence-corrected chi connectivity index (χ2v) is 3.55. The largest absolute Gasteiger partial charge is 0.377 e. The average molecular weight is 154 g/mol. The van der Waals surface area contributed by atoms with Gasteiger partial charge in [-0.1, -0.05) is 26.7 Å². The van der Waals surface area contributed by atoms with Gasteiger partial charge in [0.05, 0.1) is 12.7 Å². The van der Waals surface area contributed by atoms with Crippen LogP contribution in [0, 0.1) is 12.3 Å². The fraction of sp³-hybridized carbons (Fsp3) is 0.900. The lowest BCUT2D eigenvalue weighted by molar-refractivity contribution is -0.169. The van der Waals surface area contributed by atoms with Crippen LogP contribution in [0.5, 0.6) is 0 Å². The minimum Gasteiger partial charge on any atom is -0.377 e. The average Bonchev–Trinajstić information content (AvgIpc) is 2.04. The summed E-state index contributed by atoms with van der Waals surface area (Å²) in [5.74, 6) is 0. The van der Waals surface area contributed by atoms with Crippen molar-refractivity contribution in [3.05, 3.63) is 6.92 Å². The molecule has 1 rings (SSSR count). The van der Waals surface area contributed by atoms with Crippen molar-refractivity contribution in [3.63, 3.8) is 0 Å². The summed E-state index contributed by atoms with van der Waals surface area (Å²) in [6, 6.07) is 0. The predicted molar refractivity (Wildman–Crippen MR) is 46.3 cm³/mol. The standard InChI is InChI=1S/C10H18O/c1-4-6-7-10(5-2)8-11-9(10)3/h3,9H,4-8H2,1-2H3. The second kappa shape index (κ2) is 3.57. The van der Waals surface area contributed by atoms with Crippen LogP contribution in [0.15, 0.2) is 0 Å².